The maximum atomic E-state index is 13.7. The number of hydrogen-bond acceptors (Lipinski definition) is 6. The van der Waals surface area contributed by atoms with E-state index < -0.39 is 22.8 Å². The molecule has 2 heterocycles. The van der Waals surface area contributed by atoms with Crippen LogP contribution in [0.3, 0.4) is 0 Å². The van der Waals surface area contributed by atoms with Gasteiger partial charge in [0.05, 0.1) is 18.7 Å². The summed E-state index contributed by atoms with van der Waals surface area (Å²) in [5, 5.41) is 10.5. The second-order valence-electron chi connectivity index (χ2n) is 7.15. The van der Waals surface area contributed by atoms with Crippen molar-refractivity contribution in [3.05, 3.63) is 63.3 Å². The molecule has 0 unspecified atom stereocenters. The summed E-state index contributed by atoms with van der Waals surface area (Å²) in [7, 11) is 1.50. The molecule has 0 aliphatic heterocycles. The van der Waals surface area contributed by atoms with Crippen molar-refractivity contribution in [1.29, 1.82) is 0 Å². The first-order chi connectivity index (χ1) is 14.9. The van der Waals surface area contributed by atoms with Crippen molar-refractivity contribution in [1.82, 2.24) is 9.55 Å². The number of ether oxygens (including phenoxy) is 2. The number of hydrogen-bond donors (Lipinski definition) is 1. The number of rotatable bonds is 8. The summed E-state index contributed by atoms with van der Waals surface area (Å²) in [6, 6.07) is 6.08. The molecule has 0 aliphatic carbocycles. The number of aromatic nitrogens is 2. The summed E-state index contributed by atoms with van der Waals surface area (Å²) in [6.07, 6.45) is 3.75. The lowest BCUT2D eigenvalue weighted by Gasteiger charge is -2.14. The van der Waals surface area contributed by atoms with Gasteiger partial charge in [-0.3, -0.25) is 9.78 Å². The van der Waals surface area contributed by atoms with Crippen LogP contribution in [0.5, 0.6) is 11.5 Å². The summed E-state index contributed by atoms with van der Waals surface area (Å²) in [4.78, 5) is 29.0. The van der Waals surface area contributed by atoms with Gasteiger partial charge in [0.25, 0.3) is 5.56 Å². The highest BCUT2D eigenvalue weighted by molar-refractivity contribution is 5.98. The second-order valence-corrected chi connectivity index (χ2v) is 7.15. The van der Waals surface area contributed by atoms with Crippen LogP contribution < -0.4 is 10.3 Å². The van der Waals surface area contributed by atoms with Crippen molar-refractivity contribution in [3.63, 3.8) is 0 Å². The number of aryl methyl sites for hydroxylation is 1. The summed E-state index contributed by atoms with van der Waals surface area (Å²) in [5.74, 6) is -1.32. The predicted molar refractivity (Wildman–Crippen MR) is 114 cm³/mol. The SMILES string of the molecule is CCCCOc1cc(F)ccc1Cc1cnc2c(O)c(C(=O)OCC)c(=O)n(C)c2c1. The van der Waals surface area contributed by atoms with Gasteiger partial charge in [-0.1, -0.05) is 19.4 Å². The first-order valence-corrected chi connectivity index (χ1v) is 10.2. The van der Waals surface area contributed by atoms with E-state index in [0.717, 1.165) is 24.0 Å². The van der Waals surface area contributed by atoms with Crippen LogP contribution in [-0.2, 0) is 18.2 Å². The molecule has 0 fully saturated rings. The van der Waals surface area contributed by atoms with E-state index in [1.807, 2.05) is 6.92 Å². The Morgan fingerprint density at radius 3 is 2.74 bits per heavy atom. The quantitative estimate of drug-likeness (QED) is 0.434. The van der Waals surface area contributed by atoms with Crippen LogP contribution in [0.25, 0.3) is 11.0 Å². The minimum Gasteiger partial charge on any atom is -0.505 e. The number of esters is 1. The third kappa shape index (κ3) is 4.68. The molecular formula is C23H25FN2O5. The number of pyridine rings is 2. The number of carbonyl (C=O) groups excluding carboxylic acids is 1. The molecular weight excluding hydrogens is 403 g/mol. The van der Waals surface area contributed by atoms with Crippen molar-refractivity contribution in [2.45, 2.75) is 33.1 Å². The number of benzene rings is 1. The van der Waals surface area contributed by atoms with Crippen LogP contribution >= 0.6 is 0 Å². The van der Waals surface area contributed by atoms with Crippen molar-refractivity contribution < 1.29 is 23.8 Å². The first-order valence-electron chi connectivity index (χ1n) is 10.2. The van der Waals surface area contributed by atoms with Crippen LogP contribution in [0, 0.1) is 5.82 Å². The zero-order valence-electron chi connectivity index (χ0n) is 17.8. The van der Waals surface area contributed by atoms with Gasteiger partial charge in [0, 0.05) is 25.7 Å². The van der Waals surface area contributed by atoms with Gasteiger partial charge in [-0.25, -0.2) is 9.18 Å². The second kappa shape index (κ2) is 9.59. The molecule has 0 saturated carbocycles. The lowest BCUT2D eigenvalue weighted by atomic mass is 10.0. The molecule has 0 spiro atoms. The highest BCUT2D eigenvalue weighted by atomic mass is 19.1. The molecule has 0 radical (unpaired) electrons. The molecule has 0 saturated heterocycles. The normalized spacial score (nSPS) is 11.0. The van der Waals surface area contributed by atoms with Crippen LogP contribution in [0.1, 0.15) is 48.2 Å². The molecule has 0 amide bonds. The van der Waals surface area contributed by atoms with Gasteiger partial charge in [-0.2, -0.15) is 0 Å². The van der Waals surface area contributed by atoms with E-state index in [4.69, 9.17) is 9.47 Å². The number of carbonyl (C=O) groups is 1. The Balaban J connectivity index is 2.01. The standard InChI is InChI=1S/C23H25FN2O5/c1-4-6-9-31-18-12-16(24)8-7-15(18)10-14-11-17-20(25-13-14)21(27)19(22(28)26(17)3)23(29)30-5-2/h7-8,11-13,27H,4-6,9-10H2,1-3H3. The molecule has 2 aromatic heterocycles. The fourth-order valence-corrected chi connectivity index (χ4v) is 3.27. The summed E-state index contributed by atoms with van der Waals surface area (Å²) in [5.41, 5.74) is 0.875. The minimum absolute atomic E-state index is 0.0756. The summed E-state index contributed by atoms with van der Waals surface area (Å²) in [6.45, 7) is 4.22. The van der Waals surface area contributed by atoms with Crippen molar-refractivity contribution in [2.75, 3.05) is 13.2 Å². The zero-order chi connectivity index (χ0) is 22.5. The van der Waals surface area contributed by atoms with E-state index in [0.29, 0.717) is 24.3 Å². The molecule has 1 aromatic carbocycles. The molecule has 164 valence electrons. The highest BCUT2D eigenvalue weighted by Gasteiger charge is 2.23. The van der Waals surface area contributed by atoms with Crippen LogP contribution in [-0.4, -0.2) is 33.8 Å². The van der Waals surface area contributed by atoms with E-state index in [2.05, 4.69) is 4.98 Å². The topological polar surface area (TPSA) is 90.7 Å². The molecule has 3 aromatic rings. The lowest BCUT2D eigenvalue weighted by molar-refractivity contribution is 0.0520. The minimum atomic E-state index is -0.895. The van der Waals surface area contributed by atoms with Crippen LogP contribution in [0.2, 0.25) is 0 Å². The van der Waals surface area contributed by atoms with Crippen molar-refractivity contribution in [2.24, 2.45) is 7.05 Å². The van der Waals surface area contributed by atoms with Gasteiger partial charge < -0.3 is 19.1 Å². The number of halogens is 1. The Morgan fingerprint density at radius 2 is 2.03 bits per heavy atom. The molecule has 0 aliphatic rings. The van der Waals surface area contributed by atoms with Gasteiger partial charge in [-0.05, 0) is 36.6 Å². The van der Waals surface area contributed by atoms with Crippen LogP contribution in [0.4, 0.5) is 4.39 Å². The molecule has 0 bridgehead atoms. The molecule has 1 N–H and O–H groups in total. The number of aromatic hydroxyl groups is 1. The van der Waals surface area contributed by atoms with E-state index >= 15 is 0 Å². The van der Waals surface area contributed by atoms with Gasteiger partial charge in [-0.15, -0.1) is 0 Å². The number of fused-ring (bicyclic) bond motifs is 1. The van der Waals surface area contributed by atoms with Crippen molar-refractivity contribution >= 4 is 17.0 Å². The van der Waals surface area contributed by atoms with Crippen LogP contribution in [0.15, 0.2) is 35.3 Å². The summed E-state index contributed by atoms with van der Waals surface area (Å²) >= 11 is 0. The molecule has 8 heteroatoms. The fourth-order valence-electron chi connectivity index (χ4n) is 3.27. The molecule has 3 rings (SSSR count). The fraction of sp³-hybridized carbons (Fsp3) is 0.348. The highest BCUT2D eigenvalue weighted by Crippen LogP contribution is 2.28. The average Bonchev–Trinajstić information content (AvgIpc) is 2.74. The molecule has 0 atom stereocenters. The maximum Gasteiger partial charge on any atom is 0.347 e. The zero-order valence-corrected chi connectivity index (χ0v) is 17.8. The molecule has 7 nitrogen and oxygen atoms in total. The van der Waals surface area contributed by atoms with Gasteiger partial charge in [0.1, 0.15) is 17.1 Å². The number of nitrogens with zero attached hydrogens (tertiary/aromatic N) is 2. The Morgan fingerprint density at radius 1 is 1.26 bits per heavy atom. The van der Waals surface area contributed by atoms with E-state index in [9.17, 15) is 19.1 Å². The summed E-state index contributed by atoms with van der Waals surface area (Å²) < 4.78 is 25.6. The smallest absolute Gasteiger partial charge is 0.347 e. The molecule has 31 heavy (non-hydrogen) atoms. The Hall–Kier alpha value is -3.42. The Labute approximate surface area is 179 Å². The van der Waals surface area contributed by atoms with Gasteiger partial charge in [0.15, 0.2) is 11.3 Å². The van der Waals surface area contributed by atoms with E-state index in [1.165, 1.54) is 23.7 Å². The largest absolute Gasteiger partial charge is 0.505 e. The lowest BCUT2D eigenvalue weighted by Crippen LogP contribution is -2.26. The first kappa shape index (κ1) is 22.3. The van der Waals surface area contributed by atoms with Gasteiger partial charge in [0.2, 0.25) is 0 Å². The Bertz CT molecular complexity index is 1170. The maximum absolute atomic E-state index is 13.7. The third-order valence-electron chi connectivity index (χ3n) is 4.92. The van der Waals surface area contributed by atoms with E-state index in [1.54, 1.807) is 25.3 Å². The van der Waals surface area contributed by atoms with Gasteiger partial charge >= 0.3 is 5.97 Å². The Kier molecular flexibility index (Phi) is 6.89. The average molecular weight is 428 g/mol. The third-order valence-corrected chi connectivity index (χ3v) is 4.92. The van der Waals surface area contributed by atoms with E-state index in [-0.39, 0.29) is 17.9 Å². The monoisotopic (exact) mass is 428 g/mol. The number of unbranched alkanes of at least 4 members (excludes halogenated alkanes) is 1. The van der Waals surface area contributed by atoms with Crippen molar-refractivity contribution in [3.8, 4) is 11.5 Å². The predicted octanol–water partition coefficient (Wildman–Crippen LogP) is 3.72.